The summed E-state index contributed by atoms with van der Waals surface area (Å²) in [6, 6.07) is 5.45. The molecule has 7 heteroatoms. The van der Waals surface area contributed by atoms with Crippen LogP contribution in [0.5, 0.6) is 0 Å². The van der Waals surface area contributed by atoms with Crippen molar-refractivity contribution >= 4 is 22.6 Å². The molecule has 0 saturated heterocycles. The summed E-state index contributed by atoms with van der Waals surface area (Å²) in [5, 5.41) is 17.8. The van der Waals surface area contributed by atoms with Crippen LogP contribution in [0.25, 0.3) is 0 Å². The minimum absolute atomic E-state index is 0.123. The number of sulfonamides is 1. The van der Waals surface area contributed by atoms with E-state index in [0.717, 1.165) is 12.8 Å². The molecule has 0 atom stereocenters. The molecule has 0 unspecified atom stereocenters. The summed E-state index contributed by atoms with van der Waals surface area (Å²) in [5.74, 6) is 0. The Morgan fingerprint density at radius 1 is 1.24 bits per heavy atom. The maximum atomic E-state index is 11.8. The maximum absolute atomic E-state index is 11.8. The van der Waals surface area contributed by atoms with Crippen molar-refractivity contribution in [3.8, 4) is 0 Å². The summed E-state index contributed by atoms with van der Waals surface area (Å²) >= 11 is 0. The minimum atomic E-state index is -3.49. The first-order valence-electron chi connectivity index (χ1n) is 5.43. The first-order valence-corrected chi connectivity index (χ1v) is 6.91. The smallest absolute Gasteiger partial charge is 0.423 e. The average molecular weight is 257 g/mol. The molecule has 1 aromatic rings. The van der Waals surface area contributed by atoms with Gasteiger partial charge in [-0.2, -0.15) is 0 Å². The number of nitrogens with one attached hydrogen (secondary N) is 1. The third kappa shape index (κ3) is 4.12. The zero-order valence-electron chi connectivity index (χ0n) is 9.63. The molecule has 1 aromatic carbocycles. The Morgan fingerprint density at radius 3 is 2.29 bits per heavy atom. The second-order valence-electron chi connectivity index (χ2n) is 3.69. The Morgan fingerprint density at radius 2 is 1.82 bits per heavy atom. The van der Waals surface area contributed by atoms with Crippen LogP contribution >= 0.6 is 0 Å². The van der Waals surface area contributed by atoms with Crippen LogP contribution in [-0.4, -0.2) is 32.1 Å². The van der Waals surface area contributed by atoms with E-state index in [9.17, 15) is 8.42 Å². The van der Waals surface area contributed by atoms with Gasteiger partial charge in [0, 0.05) is 6.54 Å². The second-order valence-corrected chi connectivity index (χ2v) is 5.46. The highest BCUT2D eigenvalue weighted by molar-refractivity contribution is 7.89. The molecule has 0 bridgehead atoms. The first kappa shape index (κ1) is 14.2. The number of rotatable bonds is 6. The van der Waals surface area contributed by atoms with Crippen molar-refractivity contribution in [1.29, 1.82) is 0 Å². The number of benzene rings is 1. The number of hydrogen-bond acceptors (Lipinski definition) is 4. The summed E-state index contributed by atoms with van der Waals surface area (Å²) in [5.41, 5.74) is 0.262. The van der Waals surface area contributed by atoms with E-state index in [4.69, 9.17) is 10.0 Å². The van der Waals surface area contributed by atoms with Crippen LogP contribution in [0.3, 0.4) is 0 Å². The van der Waals surface area contributed by atoms with Gasteiger partial charge in [0.25, 0.3) is 0 Å². The Labute approximate surface area is 102 Å². The predicted molar refractivity (Wildman–Crippen MR) is 66.4 cm³/mol. The van der Waals surface area contributed by atoms with E-state index in [2.05, 4.69) is 4.72 Å². The van der Waals surface area contributed by atoms with Crippen LogP contribution in [-0.2, 0) is 10.0 Å². The fourth-order valence-electron chi connectivity index (χ4n) is 1.29. The molecule has 1 rings (SSSR count). The highest BCUT2D eigenvalue weighted by atomic mass is 32.2. The second kappa shape index (κ2) is 6.16. The SMILES string of the molecule is CCCCNS(=O)(=O)c1ccc(B(O)O)cc1. The van der Waals surface area contributed by atoms with Gasteiger partial charge in [-0.25, -0.2) is 13.1 Å². The third-order valence-electron chi connectivity index (χ3n) is 2.31. The predicted octanol–water partition coefficient (Wildman–Crippen LogP) is -0.555. The van der Waals surface area contributed by atoms with Crippen molar-refractivity contribution in [1.82, 2.24) is 4.72 Å². The van der Waals surface area contributed by atoms with Crippen LogP contribution in [0, 0.1) is 0 Å². The summed E-state index contributed by atoms with van der Waals surface area (Å²) in [6.07, 6.45) is 1.70. The maximum Gasteiger partial charge on any atom is 0.488 e. The molecular weight excluding hydrogens is 241 g/mol. The Kier molecular flexibility index (Phi) is 5.13. The molecule has 0 saturated carbocycles. The molecule has 0 aromatic heterocycles. The molecule has 0 amide bonds. The van der Waals surface area contributed by atoms with E-state index in [-0.39, 0.29) is 10.4 Å². The molecule has 0 aliphatic carbocycles. The summed E-state index contributed by atoms with van der Waals surface area (Å²) in [7, 11) is -5.07. The molecule has 0 aliphatic heterocycles. The average Bonchev–Trinajstić information content (AvgIpc) is 2.29. The van der Waals surface area contributed by atoms with Gasteiger partial charge in [0.15, 0.2) is 0 Å². The summed E-state index contributed by atoms with van der Waals surface area (Å²) < 4.78 is 26.0. The molecule has 5 nitrogen and oxygen atoms in total. The lowest BCUT2D eigenvalue weighted by Crippen LogP contribution is -2.30. The van der Waals surface area contributed by atoms with E-state index >= 15 is 0 Å². The van der Waals surface area contributed by atoms with Crippen LogP contribution < -0.4 is 10.2 Å². The highest BCUT2D eigenvalue weighted by Crippen LogP contribution is 2.06. The van der Waals surface area contributed by atoms with Crippen LogP contribution in [0.15, 0.2) is 29.2 Å². The van der Waals surface area contributed by atoms with Crippen LogP contribution in [0.2, 0.25) is 0 Å². The fraction of sp³-hybridized carbons (Fsp3) is 0.400. The van der Waals surface area contributed by atoms with Crippen molar-refractivity contribution in [2.24, 2.45) is 0 Å². The van der Waals surface area contributed by atoms with Gasteiger partial charge >= 0.3 is 7.12 Å². The van der Waals surface area contributed by atoms with Gasteiger partial charge in [-0.1, -0.05) is 25.5 Å². The molecular formula is C10H16BNO4S. The molecule has 0 radical (unpaired) electrons. The van der Waals surface area contributed by atoms with E-state index in [1.54, 1.807) is 0 Å². The van der Waals surface area contributed by atoms with Crippen molar-refractivity contribution in [2.75, 3.05) is 6.54 Å². The molecule has 17 heavy (non-hydrogen) atoms. The Hall–Kier alpha value is -0.885. The lowest BCUT2D eigenvalue weighted by molar-refractivity contribution is 0.425. The number of hydrogen-bond donors (Lipinski definition) is 3. The van der Waals surface area contributed by atoms with Crippen LogP contribution in [0.1, 0.15) is 19.8 Å². The van der Waals surface area contributed by atoms with Gasteiger partial charge in [0.2, 0.25) is 10.0 Å². The van der Waals surface area contributed by atoms with Gasteiger partial charge in [-0.05, 0) is 24.0 Å². The standard InChI is InChI=1S/C10H16BNO4S/c1-2-3-8-12-17(15,16)10-6-4-9(5-7-10)11(13)14/h4-7,12-14H,2-3,8H2,1H3. The molecule has 94 valence electrons. The van der Waals surface area contributed by atoms with Crippen LogP contribution in [0.4, 0.5) is 0 Å². The van der Waals surface area contributed by atoms with Gasteiger partial charge in [-0.15, -0.1) is 0 Å². The monoisotopic (exact) mass is 257 g/mol. The molecule has 0 heterocycles. The fourth-order valence-corrected chi connectivity index (χ4v) is 2.36. The lowest BCUT2D eigenvalue weighted by atomic mass is 9.81. The van der Waals surface area contributed by atoms with Crippen molar-refractivity contribution in [3.63, 3.8) is 0 Å². The van der Waals surface area contributed by atoms with Gasteiger partial charge in [0.05, 0.1) is 4.90 Å². The Balaban J connectivity index is 2.78. The minimum Gasteiger partial charge on any atom is -0.423 e. The summed E-state index contributed by atoms with van der Waals surface area (Å²) in [6.45, 7) is 2.38. The Bertz CT molecular complexity index is 444. The third-order valence-corrected chi connectivity index (χ3v) is 3.79. The highest BCUT2D eigenvalue weighted by Gasteiger charge is 2.15. The molecule has 0 spiro atoms. The van der Waals surface area contributed by atoms with Crippen molar-refractivity contribution in [3.05, 3.63) is 24.3 Å². The summed E-state index contributed by atoms with van der Waals surface area (Å²) in [4.78, 5) is 0.123. The zero-order chi connectivity index (χ0) is 12.9. The first-order chi connectivity index (χ1) is 7.97. The topological polar surface area (TPSA) is 86.6 Å². The zero-order valence-corrected chi connectivity index (χ0v) is 10.4. The lowest BCUT2D eigenvalue weighted by Gasteiger charge is -2.06. The van der Waals surface area contributed by atoms with E-state index in [0.29, 0.717) is 6.54 Å². The van der Waals surface area contributed by atoms with Crippen molar-refractivity contribution < 1.29 is 18.5 Å². The van der Waals surface area contributed by atoms with Gasteiger partial charge in [0.1, 0.15) is 0 Å². The van der Waals surface area contributed by atoms with Gasteiger partial charge in [-0.3, -0.25) is 0 Å². The van der Waals surface area contributed by atoms with E-state index < -0.39 is 17.1 Å². The quantitative estimate of drug-likeness (QED) is 0.471. The molecule has 0 fully saturated rings. The molecule has 3 N–H and O–H groups in total. The molecule has 0 aliphatic rings. The number of unbranched alkanes of at least 4 members (excludes halogenated alkanes) is 1. The largest absolute Gasteiger partial charge is 0.488 e. The normalized spacial score (nSPS) is 11.5. The van der Waals surface area contributed by atoms with Crippen molar-refractivity contribution in [2.45, 2.75) is 24.7 Å². The van der Waals surface area contributed by atoms with E-state index in [1.807, 2.05) is 6.92 Å². The van der Waals surface area contributed by atoms with Gasteiger partial charge < -0.3 is 10.0 Å². The van der Waals surface area contributed by atoms with E-state index in [1.165, 1.54) is 24.3 Å².